The maximum absolute atomic E-state index is 10.6. The van der Waals surface area contributed by atoms with Crippen molar-refractivity contribution in [1.29, 1.82) is 0 Å². The summed E-state index contributed by atoms with van der Waals surface area (Å²) < 4.78 is 0. The van der Waals surface area contributed by atoms with Gasteiger partial charge in [-0.2, -0.15) is 0 Å². The number of allylic oxidation sites excluding steroid dienone is 3. The number of hydrogen-bond donors (Lipinski definition) is 2. The van der Waals surface area contributed by atoms with Gasteiger partial charge in [-0.25, -0.2) is 4.79 Å². The molecule has 1 atom stereocenters. The van der Waals surface area contributed by atoms with Crippen LogP contribution in [0.4, 0.5) is 0 Å². The molecule has 1 aliphatic carbocycles. The van der Waals surface area contributed by atoms with Crippen molar-refractivity contribution < 1.29 is 9.90 Å². The molecule has 0 amide bonds. The summed E-state index contributed by atoms with van der Waals surface area (Å²) in [6.45, 7) is 1.96. The number of carboxylic acids is 1. The van der Waals surface area contributed by atoms with Gasteiger partial charge in [-0.15, -0.1) is 0 Å². The van der Waals surface area contributed by atoms with Crippen LogP contribution in [0.2, 0.25) is 0 Å². The number of hydrogen-bond acceptors (Lipinski definition) is 2. The fourth-order valence-corrected chi connectivity index (χ4v) is 0.948. The standard InChI is InChI=1S/C9H11NO2/c1-6-2-4-7(9(11)12)8(10)5-3-6/h2-6H,10H2,1H3,(H,11,12). The van der Waals surface area contributed by atoms with Crippen molar-refractivity contribution in [3.05, 3.63) is 35.6 Å². The zero-order chi connectivity index (χ0) is 9.14. The largest absolute Gasteiger partial charge is 0.478 e. The average Bonchev–Trinajstić information content (AvgIpc) is 2.14. The van der Waals surface area contributed by atoms with Gasteiger partial charge < -0.3 is 10.8 Å². The highest BCUT2D eigenvalue weighted by Crippen LogP contribution is 2.12. The van der Waals surface area contributed by atoms with E-state index in [9.17, 15) is 4.79 Å². The topological polar surface area (TPSA) is 63.3 Å². The minimum absolute atomic E-state index is 0.163. The monoisotopic (exact) mass is 165 g/mol. The molecule has 0 heterocycles. The number of carbonyl (C=O) groups is 1. The third-order valence-corrected chi connectivity index (χ3v) is 1.69. The van der Waals surface area contributed by atoms with Gasteiger partial charge in [0.05, 0.1) is 5.57 Å². The van der Waals surface area contributed by atoms with Crippen LogP contribution >= 0.6 is 0 Å². The minimum Gasteiger partial charge on any atom is -0.478 e. The first-order valence-corrected chi connectivity index (χ1v) is 3.70. The molecule has 12 heavy (non-hydrogen) atoms. The summed E-state index contributed by atoms with van der Waals surface area (Å²) in [5.74, 6) is -0.747. The maximum atomic E-state index is 10.6. The summed E-state index contributed by atoms with van der Waals surface area (Å²) in [5, 5.41) is 8.70. The van der Waals surface area contributed by atoms with E-state index in [2.05, 4.69) is 0 Å². The predicted octanol–water partition coefficient (Wildman–Crippen LogP) is 1.05. The van der Waals surface area contributed by atoms with Crippen molar-refractivity contribution >= 4 is 5.97 Å². The van der Waals surface area contributed by atoms with Crippen LogP contribution < -0.4 is 5.73 Å². The molecule has 1 rings (SSSR count). The molecule has 0 saturated heterocycles. The molecule has 0 aliphatic heterocycles. The van der Waals surface area contributed by atoms with Gasteiger partial charge in [0.2, 0.25) is 0 Å². The van der Waals surface area contributed by atoms with Gasteiger partial charge in [-0.1, -0.05) is 19.1 Å². The smallest absolute Gasteiger partial charge is 0.337 e. The second kappa shape index (κ2) is 3.26. The Balaban J connectivity index is 3.04. The van der Waals surface area contributed by atoms with E-state index in [4.69, 9.17) is 10.8 Å². The van der Waals surface area contributed by atoms with Crippen molar-refractivity contribution in [2.45, 2.75) is 6.92 Å². The highest BCUT2D eigenvalue weighted by atomic mass is 16.4. The van der Waals surface area contributed by atoms with Gasteiger partial charge in [0.15, 0.2) is 0 Å². The fourth-order valence-electron chi connectivity index (χ4n) is 0.948. The molecular weight excluding hydrogens is 154 g/mol. The van der Waals surface area contributed by atoms with Crippen LogP contribution in [0.3, 0.4) is 0 Å². The van der Waals surface area contributed by atoms with E-state index in [1.165, 1.54) is 0 Å². The average molecular weight is 165 g/mol. The van der Waals surface area contributed by atoms with E-state index >= 15 is 0 Å². The van der Waals surface area contributed by atoms with Gasteiger partial charge >= 0.3 is 5.97 Å². The molecule has 0 spiro atoms. The van der Waals surface area contributed by atoms with Crippen LogP contribution in [0.15, 0.2) is 35.6 Å². The third kappa shape index (κ3) is 1.75. The Morgan fingerprint density at radius 2 is 2.08 bits per heavy atom. The van der Waals surface area contributed by atoms with Gasteiger partial charge in [-0.3, -0.25) is 0 Å². The van der Waals surface area contributed by atoms with E-state index in [1.807, 2.05) is 13.0 Å². The van der Waals surface area contributed by atoms with Crippen LogP contribution in [0.5, 0.6) is 0 Å². The SMILES string of the molecule is CC1C=CC(N)=C(C(=O)O)C=C1. The molecule has 3 heteroatoms. The Bertz CT molecular complexity index is 287. The molecule has 1 aliphatic rings. The second-order valence-electron chi connectivity index (χ2n) is 2.75. The Morgan fingerprint density at radius 3 is 2.67 bits per heavy atom. The lowest BCUT2D eigenvalue weighted by molar-refractivity contribution is -0.132. The van der Waals surface area contributed by atoms with Crippen LogP contribution in [0.1, 0.15) is 6.92 Å². The summed E-state index contributed by atoms with van der Waals surface area (Å²) in [6, 6.07) is 0. The van der Waals surface area contributed by atoms with Crippen LogP contribution in [-0.2, 0) is 4.79 Å². The van der Waals surface area contributed by atoms with Crippen molar-refractivity contribution in [3.8, 4) is 0 Å². The van der Waals surface area contributed by atoms with Crippen molar-refractivity contribution in [1.82, 2.24) is 0 Å². The Morgan fingerprint density at radius 1 is 1.50 bits per heavy atom. The minimum atomic E-state index is -0.984. The van der Waals surface area contributed by atoms with Crippen molar-refractivity contribution in [2.75, 3.05) is 0 Å². The second-order valence-corrected chi connectivity index (χ2v) is 2.75. The molecule has 0 aromatic carbocycles. The molecule has 0 aromatic heterocycles. The number of carboxylic acid groups (broad SMARTS) is 1. The number of aliphatic carboxylic acids is 1. The summed E-state index contributed by atoms with van der Waals surface area (Å²) in [6.07, 6.45) is 6.85. The maximum Gasteiger partial charge on any atom is 0.337 e. The Kier molecular flexibility index (Phi) is 2.33. The highest BCUT2D eigenvalue weighted by Gasteiger charge is 2.09. The van der Waals surface area contributed by atoms with Crippen molar-refractivity contribution in [3.63, 3.8) is 0 Å². The van der Waals surface area contributed by atoms with Crippen molar-refractivity contribution in [2.24, 2.45) is 11.7 Å². The molecule has 0 fully saturated rings. The molecule has 3 nitrogen and oxygen atoms in total. The van der Waals surface area contributed by atoms with E-state index < -0.39 is 5.97 Å². The van der Waals surface area contributed by atoms with E-state index in [1.54, 1.807) is 18.2 Å². The number of nitrogens with two attached hydrogens (primary N) is 1. The molecular formula is C9H11NO2. The molecule has 0 radical (unpaired) electrons. The van der Waals surface area contributed by atoms with E-state index in [0.29, 0.717) is 5.70 Å². The Hall–Kier alpha value is -1.51. The number of rotatable bonds is 1. The quantitative estimate of drug-likeness (QED) is 0.610. The molecule has 64 valence electrons. The van der Waals surface area contributed by atoms with Crippen LogP contribution in [-0.4, -0.2) is 11.1 Å². The third-order valence-electron chi connectivity index (χ3n) is 1.69. The molecule has 0 bridgehead atoms. The lowest BCUT2D eigenvalue weighted by atomic mass is 10.1. The normalized spacial score (nSPS) is 22.6. The zero-order valence-electron chi connectivity index (χ0n) is 6.82. The molecule has 1 unspecified atom stereocenters. The lowest BCUT2D eigenvalue weighted by Gasteiger charge is -1.95. The highest BCUT2D eigenvalue weighted by molar-refractivity contribution is 5.91. The molecule has 3 N–H and O–H groups in total. The van der Waals surface area contributed by atoms with E-state index in [-0.39, 0.29) is 11.5 Å². The van der Waals surface area contributed by atoms with Crippen LogP contribution in [0.25, 0.3) is 0 Å². The lowest BCUT2D eigenvalue weighted by Crippen LogP contribution is -2.06. The summed E-state index contributed by atoms with van der Waals surface area (Å²) >= 11 is 0. The van der Waals surface area contributed by atoms with Crippen LogP contribution in [0, 0.1) is 5.92 Å². The predicted molar refractivity (Wildman–Crippen MR) is 46.3 cm³/mol. The van der Waals surface area contributed by atoms with Gasteiger partial charge in [-0.05, 0) is 18.1 Å². The van der Waals surface area contributed by atoms with Gasteiger partial charge in [0, 0.05) is 5.70 Å². The fraction of sp³-hybridized carbons (Fsp3) is 0.222. The Labute approximate surface area is 70.9 Å². The summed E-state index contributed by atoms with van der Waals surface area (Å²) in [7, 11) is 0. The molecule has 0 aromatic rings. The summed E-state index contributed by atoms with van der Waals surface area (Å²) in [5.41, 5.74) is 5.97. The van der Waals surface area contributed by atoms with Gasteiger partial charge in [0.1, 0.15) is 0 Å². The first-order valence-electron chi connectivity index (χ1n) is 3.70. The first-order chi connectivity index (χ1) is 5.61. The molecule has 0 saturated carbocycles. The summed E-state index contributed by atoms with van der Waals surface area (Å²) in [4.78, 5) is 10.6. The first kappa shape index (κ1) is 8.59. The zero-order valence-corrected chi connectivity index (χ0v) is 6.82. The van der Waals surface area contributed by atoms with Gasteiger partial charge in [0.25, 0.3) is 0 Å². The van der Waals surface area contributed by atoms with E-state index in [0.717, 1.165) is 0 Å².